The van der Waals surface area contributed by atoms with Crippen molar-refractivity contribution in [1.82, 2.24) is 10.6 Å². The average molecular weight is 527 g/mol. The summed E-state index contributed by atoms with van der Waals surface area (Å²) in [6.45, 7) is 1.24. The Bertz CT molecular complexity index is 1400. The zero-order valence-electron chi connectivity index (χ0n) is 21.6. The van der Waals surface area contributed by atoms with Gasteiger partial charge in [-0.05, 0) is 48.7 Å². The molecule has 3 aromatic rings. The second-order valence-electron chi connectivity index (χ2n) is 8.46. The predicted molar refractivity (Wildman–Crippen MR) is 138 cm³/mol. The van der Waals surface area contributed by atoms with Gasteiger partial charge in [0.1, 0.15) is 17.9 Å². The summed E-state index contributed by atoms with van der Waals surface area (Å²) in [5.41, 5.74) is 1.48. The lowest BCUT2D eigenvalue weighted by molar-refractivity contribution is -0.138. The van der Waals surface area contributed by atoms with Crippen LogP contribution in [0, 0.1) is 6.92 Å². The van der Waals surface area contributed by atoms with E-state index < -0.39 is 36.0 Å². The molecular weight excluding hydrogens is 496 g/mol. The van der Waals surface area contributed by atoms with E-state index >= 15 is 0 Å². The summed E-state index contributed by atoms with van der Waals surface area (Å²) in [5.74, 6) is -0.740. The molecule has 2 amide bonds. The van der Waals surface area contributed by atoms with Gasteiger partial charge < -0.3 is 34.4 Å². The second-order valence-corrected chi connectivity index (χ2v) is 8.46. The molecule has 0 aliphatic rings. The maximum absolute atomic E-state index is 13.0. The minimum atomic E-state index is -1.19. The lowest BCUT2D eigenvalue weighted by atomic mass is 10.0. The number of hydrogen-bond acceptors (Lipinski definition) is 8. The molecule has 2 aromatic carbocycles. The number of carboxylic acid groups (broad SMARTS) is 1. The van der Waals surface area contributed by atoms with Crippen LogP contribution in [0.2, 0.25) is 0 Å². The van der Waals surface area contributed by atoms with Gasteiger partial charge in [0.05, 0.1) is 33.8 Å². The SMILES string of the molecule is COc1ccc2c(C)c(CCC(=O)N[C@@H](CC(=O)NCC(=O)O)c3ccc(OC)c(OC)c3)c(=O)oc2c1. The van der Waals surface area contributed by atoms with Crippen molar-refractivity contribution in [3.63, 3.8) is 0 Å². The highest BCUT2D eigenvalue weighted by Gasteiger charge is 2.21. The molecule has 38 heavy (non-hydrogen) atoms. The number of ether oxygens (including phenoxy) is 3. The normalized spacial score (nSPS) is 11.5. The van der Waals surface area contributed by atoms with E-state index in [9.17, 15) is 19.2 Å². The van der Waals surface area contributed by atoms with Crippen LogP contribution in [0.25, 0.3) is 11.0 Å². The van der Waals surface area contributed by atoms with Crippen molar-refractivity contribution in [2.75, 3.05) is 27.9 Å². The number of fused-ring (bicyclic) bond motifs is 1. The molecule has 11 heteroatoms. The number of carbonyl (C=O) groups is 3. The third kappa shape index (κ3) is 6.81. The Morgan fingerprint density at radius 1 is 0.974 bits per heavy atom. The highest BCUT2D eigenvalue weighted by atomic mass is 16.5. The van der Waals surface area contributed by atoms with Crippen LogP contribution >= 0.6 is 0 Å². The molecule has 1 heterocycles. The third-order valence-electron chi connectivity index (χ3n) is 6.07. The van der Waals surface area contributed by atoms with Crippen molar-refractivity contribution < 1.29 is 38.1 Å². The molecule has 0 spiro atoms. The lowest BCUT2D eigenvalue weighted by Crippen LogP contribution is -2.35. The molecule has 3 rings (SSSR count). The van der Waals surface area contributed by atoms with Crippen molar-refractivity contribution in [1.29, 1.82) is 0 Å². The molecule has 0 bridgehead atoms. The van der Waals surface area contributed by atoms with Crippen molar-refractivity contribution in [2.24, 2.45) is 0 Å². The van der Waals surface area contributed by atoms with Gasteiger partial charge in [0.15, 0.2) is 11.5 Å². The topological polar surface area (TPSA) is 153 Å². The minimum Gasteiger partial charge on any atom is -0.497 e. The molecule has 11 nitrogen and oxygen atoms in total. The number of nitrogens with one attached hydrogen (secondary N) is 2. The van der Waals surface area contributed by atoms with Crippen LogP contribution in [0.3, 0.4) is 0 Å². The number of amides is 2. The number of methoxy groups -OCH3 is 3. The van der Waals surface area contributed by atoms with Crippen LogP contribution in [0.1, 0.15) is 35.6 Å². The highest BCUT2D eigenvalue weighted by Crippen LogP contribution is 2.31. The molecule has 0 saturated heterocycles. The molecule has 0 fully saturated rings. The fourth-order valence-corrected chi connectivity index (χ4v) is 4.05. The van der Waals surface area contributed by atoms with Crippen molar-refractivity contribution >= 4 is 28.8 Å². The summed E-state index contributed by atoms with van der Waals surface area (Å²) in [5, 5.41) is 14.7. The molecule has 0 saturated carbocycles. The fraction of sp³-hybridized carbons (Fsp3) is 0.333. The van der Waals surface area contributed by atoms with Gasteiger partial charge >= 0.3 is 11.6 Å². The van der Waals surface area contributed by atoms with Crippen LogP contribution in [0.5, 0.6) is 17.2 Å². The Morgan fingerprint density at radius 3 is 2.37 bits per heavy atom. The van der Waals surface area contributed by atoms with Gasteiger partial charge in [-0.1, -0.05) is 6.07 Å². The van der Waals surface area contributed by atoms with E-state index in [0.717, 1.165) is 5.39 Å². The van der Waals surface area contributed by atoms with E-state index in [2.05, 4.69) is 10.6 Å². The number of benzene rings is 2. The van der Waals surface area contributed by atoms with Gasteiger partial charge in [-0.2, -0.15) is 0 Å². The van der Waals surface area contributed by atoms with Crippen LogP contribution in [0.4, 0.5) is 0 Å². The van der Waals surface area contributed by atoms with Gasteiger partial charge in [0, 0.05) is 23.4 Å². The van der Waals surface area contributed by atoms with Crippen LogP contribution in [-0.4, -0.2) is 50.8 Å². The third-order valence-corrected chi connectivity index (χ3v) is 6.07. The maximum Gasteiger partial charge on any atom is 0.339 e. The summed E-state index contributed by atoms with van der Waals surface area (Å²) in [6.07, 6.45) is -0.146. The monoisotopic (exact) mass is 526 g/mol. The average Bonchev–Trinajstić information content (AvgIpc) is 2.90. The van der Waals surface area contributed by atoms with E-state index in [1.54, 1.807) is 43.3 Å². The summed E-state index contributed by atoms with van der Waals surface area (Å²) in [4.78, 5) is 48.8. The smallest absolute Gasteiger partial charge is 0.339 e. The lowest BCUT2D eigenvalue weighted by Gasteiger charge is -2.20. The quantitative estimate of drug-likeness (QED) is 0.302. The second kappa shape index (κ2) is 12.6. The van der Waals surface area contributed by atoms with E-state index in [1.165, 1.54) is 21.3 Å². The first-order valence-corrected chi connectivity index (χ1v) is 11.8. The number of aliphatic carboxylic acids is 1. The van der Waals surface area contributed by atoms with E-state index in [4.69, 9.17) is 23.7 Å². The standard InChI is InChI=1S/C27H30N2O9/c1-15-18-7-6-17(35-2)12-22(18)38-27(34)19(15)8-10-24(30)29-20(13-25(31)28-14-26(32)33)16-5-9-21(36-3)23(11-16)37-4/h5-7,9,11-12,20H,8,10,13-14H2,1-4H3,(H,28,31)(H,29,30)(H,32,33)/t20-/m0/s1. The Labute approximate surface area is 218 Å². The maximum atomic E-state index is 13.0. The van der Waals surface area contributed by atoms with Gasteiger partial charge in [-0.15, -0.1) is 0 Å². The number of aryl methyl sites for hydroxylation is 1. The first-order valence-electron chi connectivity index (χ1n) is 11.8. The van der Waals surface area contributed by atoms with E-state index in [-0.39, 0.29) is 19.3 Å². The van der Waals surface area contributed by atoms with Crippen molar-refractivity contribution in [3.8, 4) is 17.2 Å². The van der Waals surface area contributed by atoms with Gasteiger partial charge in [0.25, 0.3) is 0 Å². The summed E-state index contributed by atoms with van der Waals surface area (Å²) in [6, 6.07) is 9.33. The van der Waals surface area contributed by atoms with E-state index in [0.29, 0.717) is 39.5 Å². The molecular formula is C27H30N2O9. The first kappa shape index (κ1) is 28.0. The molecule has 0 unspecified atom stereocenters. The zero-order chi connectivity index (χ0) is 27.8. The largest absolute Gasteiger partial charge is 0.497 e. The van der Waals surface area contributed by atoms with Crippen LogP contribution in [-0.2, 0) is 20.8 Å². The molecule has 0 radical (unpaired) electrons. The summed E-state index contributed by atoms with van der Waals surface area (Å²) in [7, 11) is 4.46. The zero-order valence-corrected chi connectivity index (χ0v) is 21.6. The Morgan fingerprint density at radius 2 is 1.71 bits per heavy atom. The summed E-state index contributed by atoms with van der Waals surface area (Å²) >= 11 is 0. The Hall–Kier alpha value is -4.54. The van der Waals surface area contributed by atoms with Gasteiger partial charge in [0.2, 0.25) is 11.8 Å². The molecule has 0 aliphatic carbocycles. The van der Waals surface area contributed by atoms with Gasteiger partial charge in [-0.25, -0.2) is 4.79 Å². The molecule has 202 valence electrons. The molecule has 1 aromatic heterocycles. The van der Waals surface area contributed by atoms with Crippen LogP contribution < -0.4 is 30.5 Å². The molecule has 3 N–H and O–H groups in total. The first-order chi connectivity index (χ1) is 18.2. The van der Waals surface area contributed by atoms with E-state index in [1.807, 2.05) is 0 Å². The highest BCUT2D eigenvalue weighted by molar-refractivity contribution is 5.84. The summed E-state index contributed by atoms with van der Waals surface area (Å²) < 4.78 is 21.2. The number of carbonyl (C=O) groups excluding carboxylic acids is 2. The molecule has 0 aliphatic heterocycles. The van der Waals surface area contributed by atoms with Crippen LogP contribution in [0.15, 0.2) is 45.6 Å². The Kier molecular flexibility index (Phi) is 9.31. The molecule has 1 atom stereocenters. The van der Waals surface area contributed by atoms with Crippen molar-refractivity contribution in [3.05, 3.63) is 63.5 Å². The number of carboxylic acids is 1. The number of hydrogen-bond donors (Lipinski definition) is 3. The predicted octanol–water partition coefficient (Wildman–Crippen LogP) is 2.51. The Balaban J connectivity index is 1.80. The van der Waals surface area contributed by atoms with Gasteiger partial charge in [-0.3, -0.25) is 14.4 Å². The minimum absolute atomic E-state index is 0.0478. The van der Waals surface area contributed by atoms with Crippen molar-refractivity contribution in [2.45, 2.75) is 32.2 Å². The number of rotatable bonds is 12. The fourth-order valence-electron chi connectivity index (χ4n) is 4.05.